The van der Waals surface area contributed by atoms with Crippen molar-refractivity contribution < 1.29 is 14.3 Å². The van der Waals surface area contributed by atoms with Crippen molar-refractivity contribution in [1.82, 2.24) is 14.8 Å². The summed E-state index contributed by atoms with van der Waals surface area (Å²) in [6, 6.07) is 14.7. The molecule has 1 saturated heterocycles. The van der Waals surface area contributed by atoms with Gasteiger partial charge in [0.1, 0.15) is 6.61 Å². The molecule has 0 spiro atoms. The lowest BCUT2D eigenvalue weighted by atomic mass is 10.2. The van der Waals surface area contributed by atoms with Crippen LogP contribution < -0.4 is 19.7 Å². The molecule has 8 nitrogen and oxygen atoms in total. The van der Waals surface area contributed by atoms with Gasteiger partial charge in [0.15, 0.2) is 11.5 Å². The Hall–Kier alpha value is -3.39. The van der Waals surface area contributed by atoms with E-state index >= 15 is 0 Å². The van der Waals surface area contributed by atoms with Crippen LogP contribution in [0, 0.1) is 0 Å². The number of urea groups is 1. The number of amides is 2. The van der Waals surface area contributed by atoms with Gasteiger partial charge in [0.2, 0.25) is 0 Å². The molecule has 4 rings (SSSR count). The fourth-order valence-corrected chi connectivity index (χ4v) is 4.94. The number of carbonyl (C=O) groups excluding carboxylic acids is 1. The average molecular weight is 494 g/mol. The molecular formula is C28H39N5O3. The predicted molar refractivity (Wildman–Crippen MR) is 147 cm³/mol. The number of ether oxygens (including phenoxy) is 2. The first-order valence-electron chi connectivity index (χ1n) is 12.8. The van der Waals surface area contributed by atoms with Crippen molar-refractivity contribution in [2.45, 2.75) is 39.8 Å². The SMILES string of the molecule is COc1ccc(NC(=O)N2CCN(c3cccc4[nH]ccc34)CC2)cc1OCCN(C(C)C)C(C)C. The zero-order valence-corrected chi connectivity index (χ0v) is 22.1. The quantitative estimate of drug-likeness (QED) is 0.438. The predicted octanol–water partition coefficient (Wildman–Crippen LogP) is 5.03. The smallest absolute Gasteiger partial charge is 0.321 e. The van der Waals surface area contributed by atoms with E-state index in [1.807, 2.05) is 29.3 Å². The molecule has 2 amide bonds. The summed E-state index contributed by atoms with van der Waals surface area (Å²) in [6.07, 6.45) is 1.97. The highest BCUT2D eigenvalue weighted by molar-refractivity contribution is 5.93. The number of hydrogen-bond donors (Lipinski definition) is 2. The van der Waals surface area contributed by atoms with Crippen LogP contribution in [0.1, 0.15) is 27.7 Å². The highest BCUT2D eigenvalue weighted by Gasteiger charge is 2.23. The van der Waals surface area contributed by atoms with Crippen molar-refractivity contribution in [3.8, 4) is 11.5 Å². The fourth-order valence-electron chi connectivity index (χ4n) is 4.94. The number of H-pyrrole nitrogens is 1. The number of nitrogens with zero attached hydrogens (tertiary/aromatic N) is 3. The summed E-state index contributed by atoms with van der Waals surface area (Å²) >= 11 is 0. The molecule has 0 saturated carbocycles. The van der Waals surface area contributed by atoms with Gasteiger partial charge >= 0.3 is 6.03 Å². The maximum atomic E-state index is 13.0. The molecule has 36 heavy (non-hydrogen) atoms. The summed E-state index contributed by atoms with van der Waals surface area (Å²) < 4.78 is 11.6. The lowest BCUT2D eigenvalue weighted by Crippen LogP contribution is -2.50. The Balaban J connectivity index is 1.34. The third-order valence-electron chi connectivity index (χ3n) is 6.83. The molecule has 2 heterocycles. The van der Waals surface area contributed by atoms with Crippen molar-refractivity contribution in [3.63, 3.8) is 0 Å². The van der Waals surface area contributed by atoms with Crippen LogP contribution >= 0.6 is 0 Å². The average Bonchev–Trinajstić information content (AvgIpc) is 3.35. The van der Waals surface area contributed by atoms with Crippen LogP contribution in [0.2, 0.25) is 0 Å². The van der Waals surface area contributed by atoms with Gasteiger partial charge in [-0.15, -0.1) is 0 Å². The molecule has 0 unspecified atom stereocenters. The summed E-state index contributed by atoms with van der Waals surface area (Å²) in [7, 11) is 1.63. The second kappa shape index (κ2) is 11.6. The Morgan fingerprint density at radius 2 is 1.78 bits per heavy atom. The third-order valence-corrected chi connectivity index (χ3v) is 6.83. The van der Waals surface area contributed by atoms with Gasteiger partial charge in [0, 0.05) is 79.3 Å². The van der Waals surface area contributed by atoms with Gasteiger partial charge in [0.25, 0.3) is 0 Å². The summed E-state index contributed by atoms with van der Waals surface area (Å²) in [6.45, 7) is 13.0. The first kappa shape index (κ1) is 25.7. The van der Waals surface area contributed by atoms with Crippen molar-refractivity contribution >= 4 is 28.3 Å². The zero-order chi connectivity index (χ0) is 25.7. The first-order valence-corrected chi connectivity index (χ1v) is 12.8. The number of benzene rings is 2. The number of rotatable bonds is 9. The summed E-state index contributed by atoms with van der Waals surface area (Å²) in [5.41, 5.74) is 3.03. The molecule has 3 aromatic rings. The number of hydrogen-bond acceptors (Lipinski definition) is 5. The van der Waals surface area contributed by atoms with E-state index in [4.69, 9.17) is 9.47 Å². The van der Waals surface area contributed by atoms with Gasteiger partial charge in [0.05, 0.1) is 7.11 Å². The number of methoxy groups -OCH3 is 1. The Kier molecular flexibility index (Phi) is 8.25. The second-order valence-corrected chi connectivity index (χ2v) is 9.76. The number of carbonyl (C=O) groups is 1. The number of anilines is 2. The van der Waals surface area contributed by atoms with Crippen LogP contribution in [0.3, 0.4) is 0 Å². The summed E-state index contributed by atoms with van der Waals surface area (Å²) in [5, 5.41) is 4.25. The summed E-state index contributed by atoms with van der Waals surface area (Å²) in [5.74, 6) is 1.29. The van der Waals surface area contributed by atoms with Gasteiger partial charge in [-0.1, -0.05) is 6.07 Å². The number of piperazine rings is 1. The van der Waals surface area contributed by atoms with E-state index in [2.05, 4.69) is 72.1 Å². The monoisotopic (exact) mass is 493 g/mol. The van der Waals surface area contributed by atoms with Gasteiger partial charge in [-0.05, 0) is 58.0 Å². The number of aromatic nitrogens is 1. The fraction of sp³-hybridized carbons (Fsp3) is 0.464. The van der Waals surface area contributed by atoms with Crippen molar-refractivity contribution in [3.05, 3.63) is 48.7 Å². The number of aromatic amines is 1. The van der Waals surface area contributed by atoms with E-state index in [-0.39, 0.29) is 6.03 Å². The Labute approximate surface area is 214 Å². The Morgan fingerprint density at radius 1 is 1.03 bits per heavy atom. The topological polar surface area (TPSA) is 73.1 Å². The Bertz CT molecular complexity index is 1140. The van der Waals surface area contributed by atoms with E-state index in [1.165, 1.54) is 11.1 Å². The van der Waals surface area contributed by atoms with Crippen molar-refractivity contribution in [1.29, 1.82) is 0 Å². The van der Waals surface area contributed by atoms with E-state index in [1.54, 1.807) is 7.11 Å². The van der Waals surface area contributed by atoms with Gasteiger partial charge in [-0.3, -0.25) is 4.90 Å². The third kappa shape index (κ3) is 5.87. The van der Waals surface area contributed by atoms with Gasteiger partial charge in [-0.2, -0.15) is 0 Å². The molecule has 8 heteroatoms. The van der Waals surface area contributed by atoms with Crippen LogP contribution in [-0.2, 0) is 0 Å². The molecular weight excluding hydrogens is 454 g/mol. The molecule has 0 radical (unpaired) electrons. The highest BCUT2D eigenvalue weighted by atomic mass is 16.5. The normalized spacial score (nSPS) is 14.2. The second-order valence-electron chi connectivity index (χ2n) is 9.76. The van der Waals surface area contributed by atoms with Crippen LogP contribution in [0.4, 0.5) is 16.2 Å². The standard InChI is InChI=1S/C28H39N5O3/c1-20(2)33(21(3)4)17-18-36-27-19-22(9-10-26(27)35-5)30-28(34)32-15-13-31(14-16-32)25-8-6-7-24-23(25)11-12-29-24/h6-12,19-21,29H,13-18H2,1-5H3,(H,30,34). The molecule has 1 aliphatic heterocycles. The highest BCUT2D eigenvalue weighted by Crippen LogP contribution is 2.31. The minimum atomic E-state index is -0.101. The molecule has 1 fully saturated rings. The van der Waals surface area contributed by atoms with Crippen LogP contribution in [-0.4, -0.2) is 79.3 Å². The van der Waals surface area contributed by atoms with E-state index < -0.39 is 0 Å². The van der Waals surface area contributed by atoms with Crippen LogP contribution in [0.5, 0.6) is 11.5 Å². The molecule has 2 aromatic carbocycles. The van der Waals surface area contributed by atoms with Gasteiger partial charge in [-0.25, -0.2) is 4.79 Å². The molecule has 194 valence electrons. The first-order chi connectivity index (χ1) is 17.4. The lowest BCUT2D eigenvalue weighted by Gasteiger charge is -2.36. The summed E-state index contributed by atoms with van der Waals surface area (Å²) in [4.78, 5) is 22.9. The molecule has 0 aliphatic carbocycles. The van der Waals surface area contributed by atoms with E-state index in [0.29, 0.717) is 49.0 Å². The molecule has 0 bridgehead atoms. The Morgan fingerprint density at radius 3 is 2.47 bits per heavy atom. The molecule has 0 atom stereocenters. The van der Waals surface area contributed by atoms with Gasteiger partial charge < -0.3 is 29.6 Å². The van der Waals surface area contributed by atoms with Crippen LogP contribution in [0.25, 0.3) is 10.9 Å². The van der Waals surface area contributed by atoms with Crippen molar-refractivity contribution in [2.75, 3.05) is 56.7 Å². The number of nitrogens with one attached hydrogen (secondary N) is 2. The maximum absolute atomic E-state index is 13.0. The van der Waals surface area contributed by atoms with Crippen LogP contribution in [0.15, 0.2) is 48.7 Å². The molecule has 1 aromatic heterocycles. The lowest BCUT2D eigenvalue weighted by molar-refractivity contribution is 0.140. The minimum Gasteiger partial charge on any atom is -0.493 e. The number of fused-ring (bicyclic) bond motifs is 1. The van der Waals surface area contributed by atoms with Crippen molar-refractivity contribution in [2.24, 2.45) is 0 Å². The molecule has 1 aliphatic rings. The van der Waals surface area contributed by atoms with E-state index in [9.17, 15) is 4.79 Å². The largest absolute Gasteiger partial charge is 0.493 e. The maximum Gasteiger partial charge on any atom is 0.321 e. The van der Waals surface area contributed by atoms with E-state index in [0.717, 1.165) is 25.2 Å². The minimum absolute atomic E-state index is 0.101. The molecule has 2 N–H and O–H groups in total. The zero-order valence-electron chi connectivity index (χ0n) is 22.1.